The van der Waals surface area contributed by atoms with Gasteiger partial charge in [0, 0.05) is 29.7 Å². The van der Waals surface area contributed by atoms with Crippen LogP contribution < -0.4 is 0 Å². The van der Waals surface area contributed by atoms with Gasteiger partial charge in [-0.25, -0.2) is 0 Å². The van der Waals surface area contributed by atoms with Gasteiger partial charge < -0.3 is 5.11 Å². The zero-order valence-corrected chi connectivity index (χ0v) is 11.9. The topological polar surface area (TPSA) is 97.5 Å². The monoisotopic (exact) mass is 309 g/mol. The number of Topliss-reactive ketones (excluding diaryl/α,β-unsaturated/α-hetero) is 2. The van der Waals surface area contributed by atoms with Gasteiger partial charge >= 0.3 is 0 Å². The molecule has 3 rings (SSSR count). The normalized spacial score (nSPS) is 13.9. The molecule has 0 aromatic heterocycles. The highest BCUT2D eigenvalue weighted by Crippen LogP contribution is 2.29. The van der Waals surface area contributed by atoms with Crippen LogP contribution in [0, 0.1) is 10.1 Å². The van der Waals surface area contributed by atoms with Crippen LogP contribution in [-0.2, 0) is 11.2 Å². The summed E-state index contributed by atoms with van der Waals surface area (Å²) in [6.45, 7) is 0. The van der Waals surface area contributed by atoms with Gasteiger partial charge in [0.1, 0.15) is 5.76 Å². The van der Waals surface area contributed by atoms with Crippen LogP contribution in [0.4, 0.5) is 5.69 Å². The molecule has 0 atom stereocenters. The van der Waals surface area contributed by atoms with Crippen molar-refractivity contribution in [2.24, 2.45) is 0 Å². The molecule has 0 amide bonds. The number of hydrogen-bond donors (Lipinski definition) is 1. The fourth-order valence-electron chi connectivity index (χ4n) is 2.52. The van der Waals surface area contributed by atoms with Gasteiger partial charge in [-0.1, -0.05) is 36.4 Å². The minimum Gasteiger partial charge on any atom is -0.507 e. The number of allylic oxidation sites excluding steroid dienone is 1. The smallest absolute Gasteiger partial charge is 0.269 e. The first-order valence-electron chi connectivity index (χ1n) is 6.83. The second-order valence-electron chi connectivity index (χ2n) is 5.13. The van der Waals surface area contributed by atoms with Crippen molar-refractivity contribution < 1.29 is 19.6 Å². The van der Waals surface area contributed by atoms with E-state index in [0.29, 0.717) is 11.1 Å². The molecular formula is C17H11NO5. The van der Waals surface area contributed by atoms with Gasteiger partial charge in [0.25, 0.3) is 5.69 Å². The summed E-state index contributed by atoms with van der Waals surface area (Å²) >= 11 is 0. The van der Waals surface area contributed by atoms with E-state index >= 15 is 0 Å². The van der Waals surface area contributed by atoms with Crippen molar-refractivity contribution in [1.82, 2.24) is 0 Å². The Morgan fingerprint density at radius 2 is 1.52 bits per heavy atom. The lowest BCUT2D eigenvalue weighted by molar-refractivity contribution is -0.384. The number of nitro benzene ring substituents is 1. The lowest BCUT2D eigenvalue weighted by Crippen LogP contribution is -2.25. The van der Waals surface area contributed by atoms with E-state index in [9.17, 15) is 24.8 Å². The summed E-state index contributed by atoms with van der Waals surface area (Å²) in [5.74, 6) is -1.63. The molecule has 0 fully saturated rings. The zero-order valence-electron chi connectivity index (χ0n) is 11.9. The number of carbonyl (C=O) groups is 2. The third kappa shape index (κ3) is 2.50. The van der Waals surface area contributed by atoms with Gasteiger partial charge in [0.2, 0.25) is 11.6 Å². The maximum atomic E-state index is 12.2. The lowest BCUT2D eigenvalue weighted by Gasteiger charge is -2.17. The van der Waals surface area contributed by atoms with E-state index in [4.69, 9.17) is 0 Å². The molecule has 0 radical (unpaired) electrons. The number of benzene rings is 2. The van der Waals surface area contributed by atoms with Crippen molar-refractivity contribution in [2.75, 3.05) is 0 Å². The molecule has 0 saturated carbocycles. The Morgan fingerprint density at radius 1 is 0.913 bits per heavy atom. The third-order valence-corrected chi connectivity index (χ3v) is 3.72. The summed E-state index contributed by atoms with van der Waals surface area (Å²) in [6, 6.07) is 12.0. The summed E-state index contributed by atoms with van der Waals surface area (Å²) in [5, 5.41) is 21.0. The predicted molar refractivity (Wildman–Crippen MR) is 82.1 cm³/mol. The molecular weight excluding hydrogens is 298 g/mol. The van der Waals surface area contributed by atoms with E-state index in [0.717, 1.165) is 0 Å². The first kappa shape index (κ1) is 14.6. The number of aliphatic hydroxyl groups excluding tert-OH is 1. The Hall–Kier alpha value is -3.28. The molecule has 0 heterocycles. The van der Waals surface area contributed by atoms with Crippen molar-refractivity contribution in [3.63, 3.8) is 0 Å². The Kier molecular flexibility index (Phi) is 3.50. The van der Waals surface area contributed by atoms with Gasteiger partial charge in [-0.05, 0) is 5.56 Å². The summed E-state index contributed by atoms with van der Waals surface area (Å²) in [5.41, 5.74) is 1.04. The molecule has 0 spiro atoms. The average Bonchev–Trinajstić information content (AvgIpc) is 2.57. The number of fused-ring (bicyclic) bond motifs is 1. The number of aliphatic hydroxyl groups is 1. The molecule has 0 bridgehead atoms. The summed E-state index contributed by atoms with van der Waals surface area (Å²) in [7, 11) is 0. The van der Waals surface area contributed by atoms with Crippen LogP contribution in [0.15, 0.2) is 54.1 Å². The number of hydrogen-bond acceptors (Lipinski definition) is 5. The minimum absolute atomic E-state index is 0.00236. The molecule has 0 unspecified atom stereocenters. The molecule has 2 aromatic rings. The molecule has 6 nitrogen and oxygen atoms in total. The number of nitro groups is 1. The van der Waals surface area contributed by atoms with Crippen LogP contribution in [0.3, 0.4) is 0 Å². The molecule has 0 aliphatic heterocycles. The average molecular weight is 309 g/mol. The van der Waals surface area contributed by atoms with Crippen LogP contribution in [0.1, 0.15) is 21.5 Å². The van der Waals surface area contributed by atoms with E-state index < -0.39 is 16.5 Å². The number of carbonyl (C=O) groups excluding carboxylic acids is 2. The molecule has 0 saturated heterocycles. The lowest BCUT2D eigenvalue weighted by atomic mass is 9.86. The highest BCUT2D eigenvalue weighted by Gasteiger charge is 2.32. The summed E-state index contributed by atoms with van der Waals surface area (Å²) < 4.78 is 0. The fourth-order valence-corrected chi connectivity index (χ4v) is 2.52. The van der Waals surface area contributed by atoms with Gasteiger partial charge in [0.05, 0.1) is 10.5 Å². The molecule has 114 valence electrons. The number of nitrogens with zero attached hydrogens (tertiary/aromatic N) is 1. The number of non-ortho nitro benzene ring substituents is 1. The minimum atomic E-state index is -0.750. The second kappa shape index (κ2) is 5.49. The standard InChI is InChI=1S/C17H11NO5/c19-15-12-3-1-2-4-13(12)16(20)17(21)14(15)9-10-5-7-11(8-6-10)18(22)23/h1-8,19H,9H2. The molecule has 23 heavy (non-hydrogen) atoms. The van der Waals surface area contributed by atoms with Gasteiger partial charge in [-0.3, -0.25) is 19.7 Å². The van der Waals surface area contributed by atoms with Gasteiger partial charge in [-0.15, -0.1) is 0 Å². The first-order chi connectivity index (χ1) is 11.0. The molecule has 1 aliphatic rings. The molecule has 1 aliphatic carbocycles. The Labute approximate surface area is 130 Å². The molecule has 6 heteroatoms. The Morgan fingerprint density at radius 3 is 2.13 bits per heavy atom. The number of rotatable bonds is 3. The van der Waals surface area contributed by atoms with E-state index in [1.54, 1.807) is 18.2 Å². The van der Waals surface area contributed by atoms with E-state index in [2.05, 4.69) is 0 Å². The second-order valence-corrected chi connectivity index (χ2v) is 5.13. The number of ketones is 2. The van der Waals surface area contributed by atoms with Crippen molar-refractivity contribution in [2.45, 2.75) is 6.42 Å². The predicted octanol–water partition coefficient (Wildman–Crippen LogP) is 2.87. The Bertz CT molecular complexity index is 865. The molecule has 2 aromatic carbocycles. The maximum Gasteiger partial charge on any atom is 0.269 e. The van der Waals surface area contributed by atoms with E-state index in [1.807, 2.05) is 0 Å². The van der Waals surface area contributed by atoms with Gasteiger partial charge in [-0.2, -0.15) is 0 Å². The van der Waals surface area contributed by atoms with Crippen molar-refractivity contribution >= 4 is 23.0 Å². The van der Waals surface area contributed by atoms with Crippen LogP contribution in [0.5, 0.6) is 0 Å². The Balaban J connectivity index is 2.00. The molecule has 1 N–H and O–H groups in total. The summed E-state index contributed by atoms with van der Waals surface area (Å²) in [4.78, 5) is 34.4. The summed E-state index contributed by atoms with van der Waals surface area (Å²) in [6.07, 6.45) is 0.0305. The zero-order chi connectivity index (χ0) is 16.6. The van der Waals surface area contributed by atoms with Crippen LogP contribution in [-0.4, -0.2) is 21.6 Å². The maximum absolute atomic E-state index is 12.2. The highest BCUT2D eigenvalue weighted by atomic mass is 16.6. The third-order valence-electron chi connectivity index (χ3n) is 3.72. The van der Waals surface area contributed by atoms with Crippen LogP contribution in [0.25, 0.3) is 5.76 Å². The van der Waals surface area contributed by atoms with E-state index in [1.165, 1.54) is 30.3 Å². The van der Waals surface area contributed by atoms with Crippen molar-refractivity contribution in [1.29, 1.82) is 0 Å². The first-order valence-corrected chi connectivity index (χ1v) is 6.83. The SMILES string of the molecule is O=C1C(=O)c2ccccc2C(O)=C1Cc1ccc([N+](=O)[O-])cc1. The largest absolute Gasteiger partial charge is 0.507 e. The van der Waals surface area contributed by atoms with Crippen LogP contribution in [0.2, 0.25) is 0 Å². The van der Waals surface area contributed by atoms with Crippen LogP contribution >= 0.6 is 0 Å². The van der Waals surface area contributed by atoms with Crippen molar-refractivity contribution in [3.8, 4) is 0 Å². The quantitative estimate of drug-likeness (QED) is 0.534. The van der Waals surface area contributed by atoms with E-state index in [-0.39, 0.29) is 29.0 Å². The fraction of sp³-hybridized carbons (Fsp3) is 0.0588. The van der Waals surface area contributed by atoms with Crippen molar-refractivity contribution in [3.05, 3.63) is 80.9 Å². The highest BCUT2D eigenvalue weighted by molar-refractivity contribution is 6.52. The van der Waals surface area contributed by atoms with Gasteiger partial charge in [0.15, 0.2) is 0 Å².